The largest absolute Gasteiger partial charge is 0.481 e. The smallest absolute Gasteiger partial charge is 0.314 e. The molecule has 0 radical (unpaired) electrons. The first-order valence-electron chi connectivity index (χ1n) is 6.53. The molecule has 0 amide bonds. The third kappa shape index (κ3) is 1.76. The van der Waals surface area contributed by atoms with Crippen molar-refractivity contribution in [2.24, 2.45) is 11.8 Å². The molecule has 0 unspecified atom stereocenters. The van der Waals surface area contributed by atoms with E-state index < -0.39 is 11.4 Å². The van der Waals surface area contributed by atoms with Crippen molar-refractivity contribution in [1.82, 2.24) is 0 Å². The fourth-order valence-corrected chi connectivity index (χ4v) is 2.97. The van der Waals surface area contributed by atoms with E-state index in [1.165, 1.54) is 0 Å². The van der Waals surface area contributed by atoms with Crippen molar-refractivity contribution in [3.63, 3.8) is 0 Å². The first kappa shape index (κ1) is 12.9. The fourth-order valence-electron chi connectivity index (χ4n) is 2.97. The van der Waals surface area contributed by atoms with Gasteiger partial charge in [0.25, 0.3) is 0 Å². The van der Waals surface area contributed by atoms with Gasteiger partial charge >= 0.3 is 5.97 Å². The summed E-state index contributed by atoms with van der Waals surface area (Å²) in [5, 5.41) is 9.73. The van der Waals surface area contributed by atoms with Crippen LogP contribution in [0.3, 0.4) is 0 Å². The summed E-state index contributed by atoms with van der Waals surface area (Å²) in [6.45, 7) is 6.10. The lowest BCUT2D eigenvalue weighted by molar-refractivity contribution is -0.145. The van der Waals surface area contributed by atoms with Gasteiger partial charge in [-0.05, 0) is 29.9 Å². The Hall–Kier alpha value is -1.57. The molecule has 2 rings (SSSR count). The van der Waals surface area contributed by atoms with E-state index in [2.05, 4.69) is 26.0 Å². The van der Waals surface area contributed by atoms with Gasteiger partial charge in [0.2, 0.25) is 0 Å². The van der Waals surface area contributed by atoms with Crippen LogP contribution in [0.25, 0.3) is 6.08 Å². The second-order valence-electron chi connectivity index (χ2n) is 5.37. The number of carbonyl (C=O) groups is 1. The summed E-state index contributed by atoms with van der Waals surface area (Å²) in [5.41, 5.74) is 1.15. The third-order valence-corrected chi connectivity index (χ3v) is 4.37. The molecule has 0 saturated carbocycles. The van der Waals surface area contributed by atoms with E-state index in [1.807, 2.05) is 31.2 Å². The number of benzene rings is 1. The van der Waals surface area contributed by atoms with Crippen molar-refractivity contribution in [2.45, 2.75) is 32.6 Å². The van der Waals surface area contributed by atoms with Crippen molar-refractivity contribution in [1.29, 1.82) is 0 Å². The zero-order chi connectivity index (χ0) is 13.3. The van der Waals surface area contributed by atoms with E-state index in [1.54, 1.807) is 0 Å². The normalized spacial score (nSPS) is 27.6. The number of aliphatic carboxylic acids is 1. The van der Waals surface area contributed by atoms with Gasteiger partial charge in [0.05, 0.1) is 5.41 Å². The molecule has 96 valence electrons. The van der Waals surface area contributed by atoms with E-state index in [0.29, 0.717) is 5.92 Å². The van der Waals surface area contributed by atoms with Crippen LogP contribution in [0.2, 0.25) is 0 Å². The van der Waals surface area contributed by atoms with Crippen LogP contribution in [0.4, 0.5) is 0 Å². The predicted molar refractivity (Wildman–Crippen MR) is 73.4 cm³/mol. The first-order chi connectivity index (χ1) is 8.51. The Morgan fingerprint density at radius 3 is 2.72 bits per heavy atom. The molecule has 1 aliphatic carbocycles. The third-order valence-electron chi connectivity index (χ3n) is 4.37. The summed E-state index contributed by atoms with van der Waals surface area (Å²) in [6.07, 6.45) is 5.13. The molecular weight excluding hydrogens is 224 g/mol. The highest BCUT2D eigenvalue weighted by Crippen LogP contribution is 2.44. The molecule has 0 saturated heterocycles. The molecular formula is C16H20O2. The number of fused-ring (bicyclic) bond motifs is 1. The Labute approximate surface area is 108 Å². The van der Waals surface area contributed by atoms with Crippen LogP contribution in [-0.2, 0) is 10.2 Å². The van der Waals surface area contributed by atoms with Crippen molar-refractivity contribution < 1.29 is 9.90 Å². The monoisotopic (exact) mass is 244 g/mol. The molecule has 2 heteroatoms. The van der Waals surface area contributed by atoms with E-state index in [4.69, 9.17) is 0 Å². The molecule has 1 N–H and O–H groups in total. The van der Waals surface area contributed by atoms with E-state index >= 15 is 0 Å². The summed E-state index contributed by atoms with van der Waals surface area (Å²) >= 11 is 0. The highest BCUT2D eigenvalue weighted by atomic mass is 16.4. The number of hydrogen-bond acceptors (Lipinski definition) is 1. The molecule has 1 aromatic carbocycles. The maximum absolute atomic E-state index is 11.8. The molecule has 0 spiro atoms. The van der Waals surface area contributed by atoms with Gasteiger partial charge in [-0.3, -0.25) is 4.79 Å². The molecule has 18 heavy (non-hydrogen) atoms. The Morgan fingerprint density at radius 2 is 2.11 bits per heavy atom. The minimum Gasteiger partial charge on any atom is -0.481 e. The molecule has 0 fully saturated rings. The number of carboxylic acid groups (broad SMARTS) is 1. The van der Waals surface area contributed by atoms with Crippen LogP contribution in [0.5, 0.6) is 0 Å². The highest BCUT2D eigenvalue weighted by Gasteiger charge is 2.46. The highest BCUT2D eigenvalue weighted by molar-refractivity contribution is 5.85. The van der Waals surface area contributed by atoms with Crippen LogP contribution in [0.15, 0.2) is 30.3 Å². The zero-order valence-corrected chi connectivity index (χ0v) is 11.2. The first-order valence-corrected chi connectivity index (χ1v) is 6.53. The molecule has 3 atom stereocenters. The fraction of sp³-hybridized carbons (Fsp3) is 0.438. The van der Waals surface area contributed by atoms with Crippen molar-refractivity contribution in [3.05, 3.63) is 41.5 Å². The minimum atomic E-state index is -0.819. The van der Waals surface area contributed by atoms with Gasteiger partial charge in [0, 0.05) is 0 Å². The Balaban J connectivity index is 2.59. The maximum Gasteiger partial charge on any atom is 0.314 e. The van der Waals surface area contributed by atoms with Gasteiger partial charge in [-0.25, -0.2) is 0 Å². The maximum atomic E-state index is 11.8. The van der Waals surface area contributed by atoms with Gasteiger partial charge in [0.1, 0.15) is 0 Å². The Bertz CT molecular complexity index is 490. The van der Waals surface area contributed by atoms with Crippen LogP contribution >= 0.6 is 0 Å². The topological polar surface area (TPSA) is 37.3 Å². The average Bonchev–Trinajstić information content (AvgIpc) is 2.38. The standard InChI is InChI=1S/C16H20O2/c1-4-11(2)13-10-9-12-7-5-6-8-14(12)16(13,3)15(17)18/h5-11,13H,4H2,1-3H3,(H,17,18)/t11-,13-,16+/m1/s1. The van der Waals surface area contributed by atoms with Gasteiger partial charge in [-0.15, -0.1) is 0 Å². The van der Waals surface area contributed by atoms with Crippen molar-refractivity contribution in [2.75, 3.05) is 0 Å². The lowest BCUT2D eigenvalue weighted by atomic mass is 9.63. The van der Waals surface area contributed by atoms with Crippen LogP contribution in [0, 0.1) is 11.8 Å². The molecule has 0 aliphatic heterocycles. The number of rotatable bonds is 3. The van der Waals surface area contributed by atoms with Crippen LogP contribution < -0.4 is 0 Å². The molecule has 0 heterocycles. The summed E-state index contributed by atoms with van der Waals surface area (Å²) in [6, 6.07) is 7.81. The molecule has 0 aromatic heterocycles. The van der Waals surface area contributed by atoms with Crippen molar-refractivity contribution in [3.8, 4) is 0 Å². The van der Waals surface area contributed by atoms with E-state index in [0.717, 1.165) is 17.5 Å². The number of carboxylic acids is 1. The number of allylic oxidation sites excluding steroid dienone is 1. The number of hydrogen-bond donors (Lipinski definition) is 1. The zero-order valence-electron chi connectivity index (χ0n) is 11.2. The van der Waals surface area contributed by atoms with Gasteiger partial charge in [-0.2, -0.15) is 0 Å². The summed E-state index contributed by atoms with van der Waals surface area (Å²) < 4.78 is 0. The average molecular weight is 244 g/mol. The molecule has 2 nitrogen and oxygen atoms in total. The molecule has 0 bridgehead atoms. The SMILES string of the molecule is CC[C@@H](C)[C@H]1C=Cc2ccccc2[C@@]1(C)C(=O)O. The summed E-state index contributed by atoms with van der Waals surface area (Å²) in [5.74, 6) is -0.324. The summed E-state index contributed by atoms with van der Waals surface area (Å²) in [7, 11) is 0. The Kier molecular flexibility index (Phi) is 3.29. The van der Waals surface area contributed by atoms with Gasteiger partial charge in [0.15, 0.2) is 0 Å². The van der Waals surface area contributed by atoms with Crippen LogP contribution in [-0.4, -0.2) is 11.1 Å². The quantitative estimate of drug-likeness (QED) is 0.880. The minimum absolute atomic E-state index is 0.0508. The summed E-state index contributed by atoms with van der Waals surface area (Å²) in [4.78, 5) is 11.8. The Morgan fingerprint density at radius 1 is 1.44 bits per heavy atom. The lowest BCUT2D eigenvalue weighted by Gasteiger charge is -2.39. The molecule has 1 aliphatic rings. The van der Waals surface area contributed by atoms with Crippen LogP contribution in [0.1, 0.15) is 38.3 Å². The van der Waals surface area contributed by atoms with Gasteiger partial charge < -0.3 is 5.11 Å². The van der Waals surface area contributed by atoms with Gasteiger partial charge in [-0.1, -0.05) is 56.7 Å². The second kappa shape index (κ2) is 4.60. The van der Waals surface area contributed by atoms with E-state index in [9.17, 15) is 9.90 Å². The second-order valence-corrected chi connectivity index (χ2v) is 5.37. The lowest BCUT2D eigenvalue weighted by Crippen LogP contribution is -2.44. The van der Waals surface area contributed by atoms with Crippen molar-refractivity contribution >= 4 is 12.0 Å². The predicted octanol–water partition coefficient (Wildman–Crippen LogP) is 3.72. The molecule has 1 aromatic rings. The van der Waals surface area contributed by atoms with E-state index in [-0.39, 0.29) is 5.92 Å².